The lowest BCUT2D eigenvalue weighted by Crippen LogP contribution is -2.26. The van der Waals surface area contributed by atoms with Crippen LogP contribution in [0.5, 0.6) is 5.75 Å². The van der Waals surface area contributed by atoms with Gasteiger partial charge in [-0.1, -0.05) is 6.07 Å². The van der Waals surface area contributed by atoms with Gasteiger partial charge in [-0.3, -0.25) is 4.31 Å². The summed E-state index contributed by atoms with van der Waals surface area (Å²) in [4.78, 5) is 22.2. The lowest BCUT2D eigenvalue weighted by Gasteiger charge is -2.18. The van der Waals surface area contributed by atoms with E-state index in [1.165, 1.54) is 6.07 Å². The molecule has 0 saturated carbocycles. The zero-order chi connectivity index (χ0) is 21.6. The van der Waals surface area contributed by atoms with E-state index in [0.29, 0.717) is 0 Å². The number of sulfonamides is 1. The molecule has 0 atom stereocenters. The van der Waals surface area contributed by atoms with E-state index in [-0.39, 0.29) is 15.3 Å². The number of halogens is 3. The fourth-order valence-corrected chi connectivity index (χ4v) is 4.74. The summed E-state index contributed by atoms with van der Waals surface area (Å²) in [5.74, 6) is -2.21. The molecule has 0 fully saturated rings. The van der Waals surface area contributed by atoms with Crippen LogP contribution in [0.1, 0.15) is 10.4 Å². The Bertz CT molecular complexity index is 1260. The number of nitrogens with zero attached hydrogens (tertiary/aromatic N) is 1. The Morgan fingerprint density at radius 1 is 1.24 bits per heavy atom. The molecule has 0 unspecified atom stereocenters. The zero-order valence-electron chi connectivity index (χ0n) is 14.3. The Labute approximate surface area is 164 Å². The molecule has 3 aromatic rings. The van der Waals surface area contributed by atoms with Crippen molar-refractivity contribution in [1.29, 1.82) is 0 Å². The van der Waals surface area contributed by atoms with Crippen LogP contribution in [-0.2, 0) is 10.0 Å². The fourth-order valence-electron chi connectivity index (χ4n) is 2.31. The average Bonchev–Trinajstić information content (AvgIpc) is 3.01. The van der Waals surface area contributed by atoms with Crippen molar-refractivity contribution in [3.63, 3.8) is 0 Å². The Morgan fingerprint density at radius 3 is 2.55 bits per heavy atom. The van der Waals surface area contributed by atoms with Crippen molar-refractivity contribution in [3.8, 4) is 5.75 Å². The minimum atomic E-state index is -4.99. The van der Waals surface area contributed by atoms with Crippen molar-refractivity contribution in [1.82, 2.24) is 0 Å². The van der Waals surface area contributed by atoms with Gasteiger partial charge in [0.05, 0.1) is 9.60 Å². The summed E-state index contributed by atoms with van der Waals surface area (Å²) in [6, 6.07) is 6.11. The quantitative estimate of drug-likeness (QED) is 0.636. The van der Waals surface area contributed by atoms with E-state index in [2.05, 4.69) is 4.74 Å². The third kappa shape index (κ3) is 4.19. The molecule has 0 saturated heterocycles. The van der Waals surface area contributed by atoms with Crippen LogP contribution in [-0.4, -0.2) is 32.9 Å². The van der Waals surface area contributed by atoms with Gasteiger partial charge in [-0.05, 0) is 18.2 Å². The molecule has 0 aliphatic rings. The first-order valence-electron chi connectivity index (χ1n) is 7.54. The summed E-state index contributed by atoms with van der Waals surface area (Å²) in [7, 11) is -3.15. The summed E-state index contributed by atoms with van der Waals surface area (Å²) in [6.07, 6.45) is -4.99. The van der Waals surface area contributed by atoms with Crippen molar-refractivity contribution in [2.24, 2.45) is 0 Å². The molecule has 0 aliphatic carbocycles. The first-order chi connectivity index (χ1) is 13.4. The third-order valence-electron chi connectivity index (χ3n) is 3.65. The maximum absolute atomic E-state index is 12.8. The number of ether oxygens (including phenoxy) is 1. The van der Waals surface area contributed by atoms with Gasteiger partial charge < -0.3 is 14.3 Å². The van der Waals surface area contributed by atoms with Crippen molar-refractivity contribution in [2.45, 2.75) is 11.3 Å². The molecule has 0 spiro atoms. The number of carbonyl (C=O) groups is 1. The predicted octanol–water partition coefficient (Wildman–Crippen LogP) is 3.28. The number of anilines is 1. The van der Waals surface area contributed by atoms with Crippen LogP contribution in [0.3, 0.4) is 0 Å². The van der Waals surface area contributed by atoms with E-state index >= 15 is 0 Å². The third-order valence-corrected chi connectivity index (χ3v) is 6.67. The number of carboxylic acid groups (broad SMARTS) is 1. The number of rotatable bonds is 5. The lowest BCUT2D eigenvalue weighted by molar-refractivity contribution is -0.274. The van der Waals surface area contributed by atoms with E-state index in [1.54, 1.807) is 0 Å². The molecule has 154 valence electrons. The summed E-state index contributed by atoms with van der Waals surface area (Å²) < 4.78 is 72.3. The van der Waals surface area contributed by atoms with Crippen molar-refractivity contribution in [2.75, 3.05) is 11.4 Å². The maximum atomic E-state index is 12.8. The van der Waals surface area contributed by atoms with Gasteiger partial charge in [0.15, 0.2) is 5.58 Å². The van der Waals surface area contributed by atoms with Gasteiger partial charge in [-0.2, -0.15) is 0 Å². The molecule has 2 aromatic heterocycles. The summed E-state index contributed by atoms with van der Waals surface area (Å²) in [5.41, 5.74) is -1.75. The smallest absolute Gasteiger partial charge is 0.477 e. The van der Waals surface area contributed by atoms with E-state index in [1.807, 2.05) is 0 Å². The summed E-state index contributed by atoms with van der Waals surface area (Å²) in [6.45, 7) is 0. The molecule has 1 aromatic carbocycles. The number of benzene rings is 1. The van der Waals surface area contributed by atoms with E-state index < -0.39 is 44.2 Å². The predicted molar refractivity (Wildman–Crippen MR) is 96.0 cm³/mol. The lowest BCUT2D eigenvalue weighted by atomic mass is 10.3. The fraction of sp³-hybridized carbons (Fsp3) is 0.125. The molecule has 0 bridgehead atoms. The van der Waals surface area contributed by atoms with Gasteiger partial charge in [0.1, 0.15) is 16.3 Å². The SMILES string of the molecule is CN(c1cc2oc(=O)c(C(=O)O)cc2s1)S(=O)(=O)c1cccc(OC(F)(F)F)c1. The normalized spacial score (nSPS) is 12.1. The monoisotopic (exact) mass is 449 g/mol. The van der Waals surface area contributed by atoms with Gasteiger partial charge in [-0.25, -0.2) is 18.0 Å². The minimum absolute atomic E-state index is 0.0313. The topological polar surface area (TPSA) is 114 Å². The number of alkyl halides is 3. The Balaban J connectivity index is 2.01. The Hall–Kier alpha value is -3.06. The minimum Gasteiger partial charge on any atom is -0.477 e. The maximum Gasteiger partial charge on any atom is 0.573 e. The molecule has 29 heavy (non-hydrogen) atoms. The second kappa shape index (κ2) is 7.08. The molecule has 13 heteroatoms. The molecule has 1 N–H and O–H groups in total. The highest BCUT2D eigenvalue weighted by Crippen LogP contribution is 2.35. The Kier molecular flexibility index (Phi) is 5.04. The molecule has 8 nitrogen and oxygen atoms in total. The molecule has 0 amide bonds. The van der Waals surface area contributed by atoms with Crippen LogP contribution in [0.15, 0.2) is 50.5 Å². The second-order valence-corrected chi connectivity index (χ2v) is 8.59. The van der Waals surface area contributed by atoms with Crippen molar-refractivity contribution < 1.29 is 40.6 Å². The highest BCUT2D eigenvalue weighted by Gasteiger charge is 2.32. The van der Waals surface area contributed by atoms with Crippen LogP contribution in [0, 0.1) is 0 Å². The molecule has 3 rings (SSSR count). The number of thiophene rings is 1. The van der Waals surface area contributed by atoms with Crippen LogP contribution >= 0.6 is 11.3 Å². The molecule has 0 aliphatic heterocycles. The zero-order valence-corrected chi connectivity index (χ0v) is 15.9. The Morgan fingerprint density at radius 2 is 1.93 bits per heavy atom. The molecular formula is C16H10F3NO7S2. The standard InChI is InChI=1S/C16H10F3NO7S2/c1-20(13-7-11-12(28-13)6-10(14(21)22)15(23)26-11)29(24,25)9-4-2-3-8(5-9)27-16(17,18)19/h2-7H,1H3,(H,21,22). The number of hydrogen-bond donors (Lipinski definition) is 1. The van der Waals surface area contributed by atoms with Gasteiger partial charge in [0.2, 0.25) is 0 Å². The van der Waals surface area contributed by atoms with E-state index in [0.717, 1.165) is 53.0 Å². The number of aromatic carboxylic acids is 1. The van der Waals surface area contributed by atoms with Gasteiger partial charge in [0.25, 0.3) is 10.0 Å². The second-order valence-electron chi connectivity index (χ2n) is 5.56. The van der Waals surface area contributed by atoms with Crippen LogP contribution < -0.4 is 14.7 Å². The van der Waals surface area contributed by atoms with Crippen molar-refractivity contribution >= 4 is 42.6 Å². The largest absolute Gasteiger partial charge is 0.573 e. The molecular weight excluding hydrogens is 439 g/mol. The van der Waals surface area contributed by atoms with Crippen LogP contribution in [0.25, 0.3) is 10.3 Å². The number of hydrogen-bond acceptors (Lipinski definition) is 7. The molecule has 0 radical (unpaired) electrons. The van der Waals surface area contributed by atoms with E-state index in [9.17, 15) is 31.2 Å². The van der Waals surface area contributed by atoms with Gasteiger partial charge >= 0.3 is 18.0 Å². The van der Waals surface area contributed by atoms with Gasteiger partial charge in [0, 0.05) is 19.2 Å². The first kappa shape index (κ1) is 20.7. The number of carboxylic acids is 1. The van der Waals surface area contributed by atoms with Crippen LogP contribution in [0.2, 0.25) is 0 Å². The highest BCUT2D eigenvalue weighted by atomic mass is 32.2. The van der Waals surface area contributed by atoms with E-state index in [4.69, 9.17) is 9.52 Å². The highest BCUT2D eigenvalue weighted by molar-refractivity contribution is 7.93. The summed E-state index contributed by atoms with van der Waals surface area (Å²) in [5, 5.41) is 9.02. The average molecular weight is 449 g/mol. The first-order valence-corrected chi connectivity index (χ1v) is 9.80. The summed E-state index contributed by atoms with van der Waals surface area (Å²) >= 11 is 0.821. The number of fused-ring (bicyclic) bond motifs is 1. The molecule has 2 heterocycles. The van der Waals surface area contributed by atoms with Gasteiger partial charge in [-0.15, -0.1) is 24.5 Å². The van der Waals surface area contributed by atoms with Crippen LogP contribution in [0.4, 0.5) is 18.2 Å². The van der Waals surface area contributed by atoms with Crippen molar-refractivity contribution in [3.05, 3.63) is 52.4 Å².